The third-order valence-corrected chi connectivity index (χ3v) is 3.74. The zero-order valence-corrected chi connectivity index (χ0v) is 14.9. The van der Waals surface area contributed by atoms with E-state index < -0.39 is 23.5 Å². The molecule has 0 spiro atoms. The van der Waals surface area contributed by atoms with Crippen molar-refractivity contribution in [3.05, 3.63) is 48.2 Å². The van der Waals surface area contributed by atoms with Gasteiger partial charge in [0.2, 0.25) is 0 Å². The lowest BCUT2D eigenvalue weighted by atomic mass is 10.1. The zero-order chi connectivity index (χ0) is 20.3. The summed E-state index contributed by atoms with van der Waals surface area (Å²) >= 11 is 0. The van der Waals surface area contributed by atoms with Crippen molar-refractivity contribution in [3.63, 3.8) is 0 Å². The van der Waals surface area contributed by atoms with Crippen LogP contribution in [0.2, 0.25) is 0 Å². The Kier molecular flexibility index (Phi) is 5.30. The van der Waals surface area contributed by atoms with Gasteiger partial charge in [0, 0.05) is 18.0 Å². The predicted molar refractivity (Wildman–Crippen MR) is 92.6 cm³/mol. The van der Waals surface area contributed by atoms with E-state index in [2.05, 4.69) is 24.7 Å². The van der Waals surface area contributed by atoms with E-state index in [9.17, 15) is 18.0 Å². The first-order valence-corrected chi connectivity index (χ1v) is 8.13. The highest BCUT2D eigenvalue weighted by atomic mass is 19.4. The number of carbonyl (C=O) groups is 1. The molecular weight excluding hydrogens is 377 g/mol. The summed E-state index contributed by atoms with van der Waals surface area (Å²) in [5, 5.41) is 0. The zero-order valence-electron chi connectivity index (χ0n) is 14.9. The van der Waals surface area contributed by atoms with Crippen molar-refractivity contribution in [3.8, 4) is 28.4 Å². The number of methoxy groups -OCH3 is 1. The largest absolute Gasteiger partial charge is 0.495 e. The van der Waals surface area contributed by atoms with Gasteiger partial charge in [-0.25, -0.2) is 9.78 Å². The summed E-state index contributed by atoms with van der Waals surface area (Å²) < 4.78 is 49.6. The molecule has 0 bridgehead atoms. The normalized spacial score (nSPS) is 11.3. The maximum absolute atomic E-state index is 13.3. The fourth-order valence-corrected chi connectivity index (χ4v) is 2.47. The Hall–Kier alpha value is -3.43. The summed E-state index contributed by atoms with van der Waals surface area (Å²) in [5.41, 5.74) is -0.674. The van der Waals surface area contributed by atoms with E-state index in [0.29, 0.717) is 16.9 Å². The number of rotatable bonds is 5. The van der Waals surface area contributed by atoms with Crippen LogP contribution < -0.4 is 4.74 Å². The Morgan fingerprint density at radius 2 is 2.00 bits per heavy atom. The summed E-state index contributed by atoms with van der Waals surface area (Å²) in [4.78, 5) is 25.9. The number of ether oxygens (including phenoxy) is 2. The van der Waals surface area contributed by atoms with E-state index in [1.807, 2.05) is 0 Å². The summed E-state index contributed by atoms with van der Waals surface area (Å²) in [5.74, 6) is -0.837. The number of aromatic nitrogens is 4. The number of alkyl halides is 3. The molecule has 0 saturated heterocycles. The Morgan fingerprint density at radius 1 is 1.21 bits per heavy atom. The van der Waals surface area contributed by atoms with Crippen LogP contribution >= 0.6 is 0 Å². The molecule has 146 valence electrons. The van der Waals surface area contributed by atoms with Crippen LogP contribution in [0.25, 0.3) is 22.6 Å². The lowest BCUT2D eigenvalue weighted by molar-refractivity contribution is -0.141. The fraction of sp³-hybridized carbons (Fsp3) is 0.222. The molecule has 0 amide bonds. The lowest BCUT2D eigenvalue weighted by Crippen LogP contribution is -2.15. The molecule has 1 N–H and O–H groups in total. The number of carbonyl (C=O) groups excluding carboxylic acids is 1. The van der Waals surface area contributed by atoms with Crippen molar-refractivity contribution in [1.82, 2.24) is 19.9 Å². The van der Waals surface area contributed by atoms with E-state index >= 15 is 0 Å². The topological polar surface area (TPSA) is 90.0 Å². The van der Waals surface area contributed by atoms with Crippen LogP contribution in [0.5, 0.6) is 5.75 Å². The van der Waals surface area contributed by atoms with Crippen molar-refractivity contribution < 1.29 is 27.4 Å². The summed E-state index contributed by atoms with van der Waals surface area (Å²) in [6.07, 6.45) is -0.278. The number of halogens is 3. The second-order valence-electron chi connectivity index (χ2n) is 5.57. The standard InChI is InChI=1S/C18H15F3N4O3/c1-3-28-17(26)14-15(18(19,20)21)25-16(24-14)13-7-10(4-5-23-13)11-6-12(27-2)9-22-8-11/h4-9H,3H2,1-2H3,(H,24,25). The minimum absolute atomic E-state index is 0.0745. The Bertz CT molecular complexity index is 1000. The molecule has 0 atom stereocenters. The minimum atomic E-state index is -4.80. The van der Waals surface area contributed by atoms with Gasteiger partial charge < -0.3 is 14.5 Å². The molecule has 3 aromatic heterocycles. The van der Waals surface area contributed by atoms with Gasteiger partial charge in [-0.05, 0) is 30.7 Å². The first kappa shape index (κ1) is 19.3. The number of H-pyrrole nitrogens is 1. The molecule has 0 fully saturated rings. The second-order valence-corrected chi connectivity index (χ2v) is 5.57. The van der Waals surface area contributed by atoms with E-state index in [-0.39, 0.29) is 18.1 Å². The SMILES string of the molecule is CCOC(=O)c1nc(-c2cc(-c3cncc(OC)c3)ccn2)[nH]c1C(F)(F)F. The highest BCUT2D eigenvalue weighted by molar-refractivity contribution is 5.89. The average Bonchev–Trinajstić information content (AvgIpc) is 3.15. The molecule has 0 radical (unpaired) electrons. The number of hydrogen-bond donors (Lipinski definition) is 1. The first-order valence-electron chi connectivity index (χ1n) is 8.13. The van der Waals surface area contributed by atoms with Gasteiger partial charge in [0.1, 0.15) is 11.4 Å². The molecule has 28 heavy (non-hydrogen) atoms. The number of nitrogens with one attached hydrogen (secondary N) is 1. The van der Waals surface area contributed by atoms with Crippen LogP contribution in [0.4, 0.5) is 13.2 Å². The van der Waals surface area contributed by atoms with Gasteiger partial charge in [-0.3, -0.25) is 9.97 Å². The molecule has 0 unspecified atom stereocenters. The highest BCUT2D eigenvalue weighted by Gasteiger charge is 2.39. The Labute approximate surface area is 157 Å². The van der Waals surface area contributed by atoms with Crippen LogP contribution in [0.15, 0.2) is 36.8 Å². The highest BCUT2D eigenvalue weighted by Crippen LogP contribution is 2.33. The summed E-state index contributed by atoms with van der Waals surface area (Å²) in [7, 11) is 1.50. The fourth-order valence-electron chi connectivity index (χ4n) is 2.47. The Balaban J connectivity index is 2.05. The van der Waals surface area contributed by atoms with Crippen LogP contribution in [0.3, 0.4) is 0 Å². The molecule has 3 aromatic rings. The van der Waals surface area contributed by atoms with Gasteiger partial charge in [0.15, 0.2) is 17.2 Å². The van der Waals surface area contributed by atoms with E-state index in [1.54, 1.807) is 18.3 Å². The number of pyridine rings is 2. The first-order chi connectivity index (χ1) is 13.3. The van der Waals surface area contributed by atoms with Crippen molar-refractivity contribution in [1.29, 1.82) is 0 Å². The van der Waals surface area contributed by atoms with Gasteiger partial charge in [-0.2, -0.15) is 13.2 Å². The third kappa shape index (κ3) is 3.95. The number of hydrogen-bond acceptors (Lipinski definition) is 6. The van der Waals surface area contributed by atoms with Gasteiger partial charge in [-0.15, -0.1) is 0 Å². The molecular formula is C18H15F3N4O3. The quantitative estimate of drug-likeness (QED) is 0.666. The van der Waals surface area contributed by atoms with Crippen molar-refractivity contribution in [2.75, 3.05) is 13.7 Å². The van der Waals surface area contributed by atoms with E-state index in [4.69, 9.17) is 4.74 Å². The number of nitrogens with zero attached hydrogens (tertiary/aromatic N) is 3. The third-order valence-electron chi connectivity index (χ3n) is 3.74. The van der Waals surface area contributed by atoms with Crippen molar-refractivity contribution in [2.45, 2.75) is 13.1 Å². The number of esters is 1. The molecule has 7 nitrogen and oxygen atoms in total. The van der Waals surface area contributed by atoms with Gasteiger partial charge in [-0.1, -0.05) is 0 Å². The molecule has 10 heteroatoms. The second kappa shape index (κ2) is 7.67. The Morgan fingerprint density at radius 3 is 2.68 bits per heavy atom. The molecule has 0 aliphatic heterocycles. The van der Waals surface area contributed by atoms with Crippen LogP contribution in [0.1, 0.15) is 23.1 Å². The van der Waals surface area contributed by atoms with Crippen LogP contribution in [-0.2, 0) is 10.9 Å². The maximum atomic E-state index is 13.3. The van der Waals surface area contributed by atoms with Gasteiger partial charge >= 0.3 is 12.1 Å². The summed E-state index contributed by atoms with van der Waals surface area (Å²) in [6, 6.07) is 4.92. The average molecular weight is 392 g/mol. The van der Waals surface area contributed by atoms with Crippen LogP contribution in [-0.4, -0.2) is 39.6 Å². The van der Waals surface area contributed by atoms with Crippen molar-refractivity contribution in [2.24, 2.45) is 0 Å². The lowest BCUT2D eigenvalue weighted by Gasteiger charge is -2.06. The molecule has 0 saturated carbocycles. The summed E-state index contributed by atoms with van der Waals surface area (Å²) in [6.45, 7) is 1.42. The van der Waals surface area contributed by atoms with Crippen molar-refractivity contribution >= 4 is 5.97 Å². The van der Waals surface area contributed by atoms with Gasteiger partial charge in [0.05, 0.1) is 19.9 Å². The predicted octanol–water partition coefficient (Wildman–Crippen LogP) is 3.74. The molecule has 0 aromatic carbocycles. The van der Waals surface area contributed by atoms with Gasteiger partial charge in [0.25, 0.3) is 0 Å². The monoisotopic (exact) mass is 392 g/mol. The molecule has 0 aliphatic carbocycles. The molecule has 3 rings (SSSR count). The maximum Gasteiger partial charge on any atom is 0.433 e. The smallest absolute Gasteiger partial charge is 0.433 e. The van der Waals surface area contributed by atoms with E-state index in [1.165, 1.54) is 32.5 Å². The molecule has 3 heterocycles. The molecule has 0 aliphatic rings. The minimum Gasteiger partial charge on any atom is -0.495 e. The number of imidazole rings is 1. The van der Waals surface area contributed by atoms with Crippen LogP contribution in [0, 0.1) is 0 Å². The number of aromatic amines is 1. The van der Waals surface area contributed by atoms with E-state index in [0.717, 1.165) is 0 Å².